The summed E-state index contributed by atoms with van der Waals surface area (Å²) in [5.74, 6) is 0.747. The molecule has 5 aromatic rings. The molecular weight excluding hydrogens is 478 g/mol. The van der Waals surface area contributed by atoms with Crippen LogP contribution in [-0.4, -0.2) is 31.8 Å². The summed E-state index contributed by atoms with van der Waals surface area (Å²) in [7, 11) is 3.54. The van der Waals surface area contributed by atoms with E-state index in [0.29, 0.717) is 19.7 Å². The van der Waals surface area contributed by atoms with Gasteiger partial charge in [0.15, 0.2) is 0 Å². The summed E-state index contributed by atoms with van der Waals surface area (Å²) >= 11 is 0. The van der Waals surface area contributed by atoms with E-state index in [4.69, 9.17) is 4.74 Å². The Morgan fingerprint density at radius 2 is 1.79 bits per heavy atom. The van der Waals surface area contributed by atoms with Crippen LogP contribution in [0.1, 0.15) is 30.1 Å². The van der Waals surface area contributed by atoms with Crippen molar-refractivity contribution < 1.29 is 4.74 Å². The maximum atomic E-state index is 12.9. The predicted molar refractivity (Wildman–Crippen MR) is 151 cm³/mol. The van der Waals surface area contributed by atoms with Crippen LogP contribution in [0.3, 0.4) is 0 Å². The molecule has 0 saturated heterocycles. The molecule has 3 aromatic heterocycles. The molecule has 0 saturated carbocycles. The van der Waals surface area contributed by atoms with Crippen LogP contribution in [0.15, 0.2) is 82.6 Å². The highest BCUT2D eigenvalue weighted by Gasteiger charge is 2.15. The molecule has 8 nitrogen and oxygen atoms in total. The van der Waals surface area contributed by atoms with Crippen LogP contribution >= 0.6 is 0 Å². The summed E-state index contributed by atoms with van der Waals surface area (Å²) in [4.78, 5) is 29.6. The van der Waals surface area contributed by atoms with Crippen LogP contribution in [0.25, 0.3) is 21.8 Å². The van der Waals surface area contributed by atoms with Crippen molar-refractivity contribution in [1.82, 2.24) is 24.0 Å². The molecular formula is C30H33N5O3. The molecule has 0 bridgehead atoms. The number of pyridine rings is 2. The molecule has 0 fully saturated rings. The SMILES string of the molecule is Cc1ncccc1C(CCCOc1ccc2c(c1)n(C)c(=O)n2C)NCCn1ccc2ccccc2c1=O. The van der Waals surface area contributed by atoms with Gasteiger partial charge in [0.25, 0.3) is 5.56 Å². The number of nitrogens with zero attached hydrogens (tertiary/aromatic N) is 4. The van der Waals surface area contributed by atoms with E-state index in [-0.39, 0.29) is 17.3 Å². The highest BCUT2D eigenvalue weighted by Crippen LogP contribution is 2.23. The molecule has 196 valence electrons. The summed E-state index contributed by atoms with van der Waals surface area (Å²) in [6.45, 7) is 3.80. The van der Waals surface area contributed by atoms with Gasteiger partial charge in [0.1, 0.15) is 5.75 Å². The first-order valence-corrected chi connectivity index (χ1v) is 13.0. The number of hydrogen-bond donors (Lipinski definition) is 1. The molecule has 38 heavy (non-hydrogen) atoms. The first kappa shape index (κ1) is 25.5. The molecule has 0 aliphatic heterocycles. The van der Waals surface area contributed by atoms with Crippen LogP contribution in [0.4, 0.5) is 0 Å². The van der Waals surface area contributed by atoms with Gasteiger partial charge in [0.2, 0.25) is 0 Å². The number of aryl methyl sites for hydroxylation is 3. The lowest BCUT2D eigenvalue weighted by Crippen LogP contribution is -2.30. The van der Waals surface area contributed by atoms with Crippen LogP contribution in [0.5, 0.6) is 5.75 Å². The zero-order chi connectivity index (χ0) is 26.6. The van der Waals surface area contributed by atoms with Gasteiger partial charge in [-0.3, -0.25) is 18.9 Å². The Balaban J connectivity index is 1.23. The fraction of sp³-hybridized carbons (Fsp3) is 0.300. The van der Waals surface area contributed by atoms with Gasteiger partial charge in [-0.05, 0) is 61.0 Å². The second-order valence-corrected chi connectivity index (χ2v) is 9.63. The smallest absolute Gasteiger partial charge is 0.328 e. The number of benzene rings is 2. The van der Waals surface area contributed by atoms with Gasteiger partial charge in [-0.25, -0.2) is 4.79 Å². The van der Waals surface area contributed by atoms with E-state index >= 15 is 0 Å². The molecule has 0 aliphatic carbocycles. The largest absolute Gasteiger partial charge is 0.494 e. The van der Waals surface area contributed by atoms with Crippen LogP contribution in [-0.2, 0) is 20.6 Å². The molecule has 0 spiro atoms. The number of fused-ring (bicyclic) bond motifs is 2. The zero-order valence-electron chi connectivity index (χ0n) is 22.1. The molecule has 1 atom stereocenters. The fourth-order valence-electron chi connectivity index (χ4n) is 5.05. The zero-order valence-corrected chi connectivity index (χ0v) is 22.1. The lowest BCUT2D eigenvalue weighted by atomic mass is 10.0. The van der Waals surface area contributed by atoms with Crippen molar-refractivity contribution in [1.29, 1.82) is 0 Å². The van der Waals surface area contributed by atoms with Gasteiger partial charge in [0, 0.05) is 62.8 Å². The van der Waals surface area contributed by atoms with E-state index < -0.39 is 0 Å². The summed E-state index contributed by atoms with van der Waals surface area (Å²) in [6, 6.07) is 19.6. The Kier molecular flexibility index (Phi) is 7.42. The van der Waals surface area contributed by atoms with Crippen LogP contribution in [0.2, 0.25) is 0 Å². The first-order chi connectivity index (χ1) is 18.4. The highest BCUT2D eigenvalue weighted by molar-refractivity contribution is 5.81. The minimum Gasteiger partial charge on any atom is -0.494 e. The average Bonchev–Trinajstić information content (AvgIpc) is 3.15. The number of aromatic nitrogens is 4. The van der Waals surface area contributed by atoms with Crippen LogP contribution in [0, 0.1) is 6.92 Å². The second-order valence-electron chi connectivity index (χ2n) is 9.63. The van der Waals surface area contributed by atoms with Gasteiger partial charge in [0.05, 0.1) is 17.6 Å². The molecule has 8 heteroatoms. The lowest BCUT2D eigenvalue weighted by Gasteiger charge is -2.21. The van der Waals surface area contributed by atoms with Gasteiger partial charge in [-0.2, -0.15) is 0 Å². The Hall–Kier alpha value is -4.17. The van der Waals surface area contributed by atoms with Crippen molar-refractivity contribution in [2.24, 2.45) is 14.1 Å². The average molecular weight is 512 g/mol. The van der Waals surface area contributed by atoms with E-state index in [9.17, 15) is 9.59 Å². The van der Waals surface area contributed by atoms with Crippen molar-refractivity contribution in [3.05, 3.63) is 105 Å². The minimum atomic E-state index is -0.0520. The standard InChI is InChI=1S/C30H33N5O3/c1-21-24(10-6-15-31-21)26(32-16-18-35-17-14-22-8-4-5-9-25(22)29(35)36)11-7-19-38-23-12-13-27-28(20-23)34(3)30(37)33(27)2/h4-6,8-10,12-15,17,20,26,32H,7,11,16,18-19H2,1-3H3. The van der Waals surface area contributed by atoms with E-state index in [2.05, 4.69) is 16.4 Å². The third kappa shape index (κ3) is 5.13. The lowest BCUT2D eigenvalue weighted by molar-refractivity contribution is 0.295. The quantitative estimate of drug-likeness (QED) is 0.286. The van der Waals surface area contributed by atoms with Crippen molar-refractivity contribution in [2.75, 3.05) is 13.2 Å². The van der Waals surface area contributed by atoms with Crippen LogP contribution < -0.4 is 21.3 Å². The number of ether oxygens (including phenoxy) is 1. The van der Waals surface area contributed by atoms with E-state index in [1.165, 1.54) is 0 Å². The summed E-state index contributed by atoms with van der Waals surface area (Å²) in [5.41, 5.74) is 3.85. The monoisotopic (exact) mass is 511 g/mol. The third-order valence-corrected chi connectivity index (χ3v) is 7.20. The normalized spacial score (nSPS) is 12.3. The summed E-state index contributed by atoms with van der Waals surface area (Å²) in [5, 5.41) is 5.34. The van der Waals surface area contributed by atoms with Gasteiger partial charge in [-0.1, -0.05) is 24.3 Å². The van der Waals surface area contributed by atoms with E-state index in [1.54, 1.807) is 34.0 Å². The number of nitrogens with one attached hydrogen (secondary N) is 1. The molecule has 0 amide bonds. The molecule has 0 radical (unpaired) electrons. The topological polar surface area (TPSA) is 83.1 Å². The van der Waals surface area contributed by atoms with Gasteiger partial charge < -0.3 is 14.6 Å². The molecule has 0 aliphatic rings. The Morgan fingerprint density at radius 1 is 0.974 bits per heavy atom. The Morgan fingerprint density at radius 3 is 2.63 bits per heavy atom. The highest BCUT2D eigenvalue weighted by atomic mass is 16.5. The minimum absolute atomic E-state index is 0.0280. The first-order valence-electron chi connectivity index (χ1n) is 13.0. The molecule has 1 N–H and O–H groups in total. The number of rotatable bonds is 10. The van der Waals surface area contributed by atoms with Crippen molar-refractivity contribution >= 4 is 21.8 Å². The maximum Gasteiger partial charge on any atom is 0.328 e. The van der Waals surface area contributed by atoms with E-state index in [1.807, 2.05) is 67.7 Å². The van der Waals surface area contributed by atoms with E-state index in [0.717, 1.165) is 51.7 Å². The van der Waals surface area contributed by atoms with Crippen molar-refractivity contribution in [2.45, 2.75) is 32.4 Å². The van der Waals surface area contributed by atoms with Crippen molar-refractivity contribution in [3.63, 3.8) is 0 Å². The maximum absolute atomic E-state index is 12.9. The molecule has 5 rings (SSSR count). The summed E-state index contributed by atoms with van der Waals surface area (Å²) < 4.78 is 11.1. The third-order valence-electron chi connectivity index (χ3n) is 7.20. The molecule has 2 aromatic carbocycles. The Bertz CT molecular complexity index is 1700. The fourth-order valence-corrected chi connectivity index (χ4v) is 5.05. The number of hydrogen-bond acceptors (Lipinski definition) is 5. The number of imidazole rings is 1. The summed E-state index contributed by atoms with van der Waals surface area (Å²) in [6.07, 6.45) is 5.35. The molecule has 3 heterocycles. The van der Waals surface area contributed by atoms with Gasteiger partial charge in [-0.15, -0.1) is 0 Å². The molecule has 1 unspecified atom stereocenters. The van der Waals surface area contributed by atoms with Gasteiger partial charge >= 0.3 is 5.69 Å². The second kappa shape index (κ2) is 11.1. The predicted octanol–water partition coefficient (Wildman–Crippen LogP) is 4.09. The Labute approximate surface area is 221 Å². The van der Waals surface area contributed by atoms with Crippen molar-refractivity contribution in [3.8, 4) is 5.75 Å².